The van der Waals surface area contributed by atoms with Gasteiger partial charge in [0.15, 0.2) is 0 Å². The molecule has 1 aromatic carbocycles. The second-order valence-corrected chi connectivity index (χ2v) is 8.34. The summed E-state index contributed by atoms with van der Waals surface area (Å²) in [6.07, 6.45) is -2.97. The van der Waals surface area contributed by atoms with Crippen LogP contribution in [-0.2, 0) is 16.6 Å². The van der Waals surface area contributed by atoms with Crippen molar-refractivity contribution in [3.63, 3.8) is 0 Å². The van der Waals surface area contributed by atoms with E-state index in [-0.39, 0.29) is 12.6 Å². The fourth-order valence-corrected chi connectivity index (χ4v) is 3.64. The molecule has 7 heteroatoms. The summed E-state index contributed by atoms with van der Waals surface area (Å²) in [5, 5.41) is 18.7. The van der Waals surface area contributed by atoms with Gasteiger partial charge in [0.05, 0.1) is 6.26 Å². The fourth-order valence-electron chi connectivity index (χ4n) is 1.43. The summed E-state index contributed by atoms with van der Waals surface area (Å²) >= 11 is 5.02. The zero-order valence-corrected chi connectivity index (χ0v) is 11.3. The van der Waals surface area contributed by atoms with Crippen molar-refractivity contribution in [2.45, 2.75) is 18.3 Å². The third kappa shape index (κ3) is 4.15. The molecule has 0 bridgehead atoms. The van der Waals surface area contributed by atoms with Gasteiger partial charge in [0, 0.05) is 6.16 Å². The van der Waals surface area contributed by atoms with E-state index in [1.165, 1.54) is 0 Å². The van der Waals surface area contributed by atoms with Crippen molar-refractivity contribution < 1.29 is 19.9 Å². The smallest absolute Gasteiger partial charge is 0.320 e. The zero-order valence-electron chi connectivity index (χ0n) is 9.64. The highest BCUT2D eigenvalue weighted by Crippen LogP contribution is 2.54. The molecular weight excluding hydrogens is 273 g/mol. The number of rotatable bonds is 6. The van der Waals surface area contributed by atoms with Crippen LogP contribution in [0.25, 0.3) is 0 Å². The minimum absolute atomic E-state index is 0.0336. The molecule has 18 heavy (non-hydrogen) atoms. The first kappa shape index (κ1) is 15.3. The lowest BCUT2D eigenvalue weighted by atomic mass is 10.2. The number of nitrogens with two attached hydrogens (primary N) is 1. The highest BCUT2D eigenvalue weighted by Gasteiger charge is 2.27. The number of hydrogen-bond acceptors (Lipinski definition) is 4. The number of carboxylic acids is 1. The van der Waals surface area contributed by atoms with Crippen LogP contribution in [0.5, 0.6) is 0 Å². The van der Waals surface area contributed by atoms with E-state index in [0.29, 0.717) is 5.56 Å². The summed E-state index contributed by atoms with van der Waals surface area (Å²) in [5.41, 5.74) is 5.88. The van der Waals surface area contributed by atoms with Crippen LogP contribution in [0.15, 0.2) is 30.3 Å². The van der Waals surface area contributed by atoms with Crippen molar-refractivity contribution in [2.24, 2.45) is 5.73 Å². The lowest BCUT2D eigenvalue weighted by Gasteiger charge is -2.22. The molecule has 2 unspecified atom stereocenters. The van der Waals surface area contributed by atoms with Gasteiger partial charge in [0.1, 0.15) is 11.9 Å². The molecule has 5 N–H and O–H groups in total. The van der Waals surface area contributed by atoms with Crippen LogP contribution in [0.1, 0.15) is 17.8 Å². The van der Waals surface area contributed by atoms with Gasteiger partial charge in [0.25, 0.3) is 0 Å². The Labute approximate surface area is 110 Å². The molecule has 1 rings (SSSR count). The van der Waals surface area contributed by atoms with E-state index in [0.717, 1.165) is 0 Å². The standard InChI is InChI=1S/C11H16NO4PS/c12-9(10(13)14)6-7-17(16,18)11(15)8-4-2-1-3-5-8/h1-5,9,11,15H,6-7,12H2,(H,13,14)(H,16,18)/t9-,11?,17?/m0/s1. The van der Waals surface area contributed by atoms with Gasteiger partial charge in [-0.2, -0.15) is 0 Å². The molecule has 3 atom stereocenters. The van der Waals surface area contributed by atoms with Gasteiger partial charge in [-0.1, -0.05) is 42.1 Å². The number of hydrogen-bond donors (Lipinski definition) is 4. The zero-order chi connectivity index (χ0) is 13.8. The molecule has 0 spiro atoms. The Balaban J connectivity index is 2.69. The van der Waals surface area contributed by atoms with E-state index in [2.05, 4.69) is 0 Å². The van der Waals surface area contributed by atoms with Crippen LogP contribution < -0.4 is 5.73 Å². The molecule has 5 nitrogen and oxygen atoms in total. The maximum Gasteiger partial charge on any atom is 0.320 e. The van der Waals surface area contributed by atoms with E-state index in [1.807, 2.05) is 0 Å². The summed E-state index contributed by atoms with van der Waals surface area (Å²) in [6, 6.07) is 7.52. The Morgan fingerprint density at radius 1 is 1.39 bits per heavy atom. The fraction of sp³-hybridized carbons (Fsp3) is 0.364. The first-order valence-electron chi connectivity index (χ1n) is 5.37. The Hall–Kier alpha value is -0.780. The Kier molecular flexibility index (Phi) is 5.44. The number of carbonyl (C=O) groups is 1. The second kappa shape index (κ2) is 6.41. The highest BCUT2D eigenvalue weighted by molar-refractivity contribution is 8.11. The lowest BCUT2D eigenvalue weighted by molar-refractivity contribution is -0.138. The van der Waals surface area contributed by atoms with Crippen LogP contribution in [-0.4, -0.2) is 33.3 Å². The molecule has 0 fully saturated rings. The SMILES string of the molecule is N[C@@H](CCP(O)(=S)C(O)c1ccccc1)C(=O)O. The topological polar surface area (TPSA) is 104 Å². The van der Waals surface area contributed by atoms with E-state index in [4.69, 9.17) is 22.6 Å². The largest absolute Gasteiger partial charge is 0.480 e. The summed E-state index contributed by atoms with van der Waals surface area (Å²) in [6.45, 7) is 0. The van der Waals surface area contributed by atoms with Gasteiger partial charge in [0.2, 0.25) is 0 Å². The molecule has 0 saturated carbocycles. The molecule has 0 aromatic heterocycles. The number of aliphatic hydroxyl groups excluding tert-OH is 1. The van der Waals surface area contributed by atoms with E-state index < -0.39 is 24.1 Å². The van der Waals surface area contributed by atoms with Crippen molar-refractivity contribution in [1.82, 2.24) is 0 Å². The second-order valence-electron chi connectivity index (χ2n) is 4.00. The normalized spacial score (nSPS) is 17.7. The average Bonchev–Trinajstić information content (AvgIpc) is 2.36. The Bertz CT molecular complexity index is 454. The van der Waals surface area contributed by atoms with E-state index in [1.54, 1.807) is 30.3 Å². The minimum Gasteiger partial charge on any atom is -0.480 e. The number of carboxylic acid groups (broad SMARTS) is 1. The molecule has 0 saturated heterocycles. The van der Waals surface area contributed by atoms with Crippen molar-refractivity contribution in [3.8, 4) is 0 Å². The van der Waals surface area contributed by atoms with Gasteiger partial charge in [-0.15, -0.1) is 0 Å². The molecule has 1 aromatic rings. The van der Waals surface area contributed by atoms with Gasteiger partial charge in [-0.3, -0.25) is 4.79 Å². The predicted octanol–water partition coefficient (Wildman–Crippen LogP) is 0.866. The minimum atomic E-state index is -3.05. The highest BCUT2D eigenvalue weighted by atomic mass is 32.4. The summed E-state index contributed by atoms with van der Waals surface area (Å²) < 4.78 is 0. The van der Waals surface area contributed by atoms with Crippen LogP contribution in [0.2, 0.25) is 0 Å². The lowest BCUT2D eigenvalue weighted by Crippen LogP contribution is -2.31. The van der Waals surface area contributed by atoms with Gasteiger partial charge in [-0.25, -0.2) is 0 Å². The van der Waals surface area contributed by atoms with Crippen LogP contribution in [0.4, 0.5) is 0 Å². The maximum atomic E-state index is 10.6. The first-order chi connectivity index (χ1) is 8.34. The van der Waals surface area contributed by atoms with Gasteiger partial charge >= 0.3 is 5.97 Å². The predicted molar refractivity (Wildman–Crippen MR) is 73.0 cm³/mol. The summed E-state index contributed by atoms with van der Waals surface area (Å²) in [5.74, 6) is -2.28. The molecule has 0 radical (unpaired) electrons. The quantitative estimate of drug-likeness (QED) is 0.579. The van der Waals surface area contributed by atoms with Gasteiger partial charge < -0.3 is 20.8 Å². The van der Waals surface area contributed by atoms with Crippen molar-refractivity contribution in [1.29, 1.82) is 0 Å². The van der Waals surface area contributed by atoms with E-state index in [9.17, 15) is 14.8 Å². The molecule has 0 aliphatic rings. The third-order valence-electron chi connectivity index (χ3n) is 2.56. The molecule has 0 amide bonds. The summed E-state index contributed by atoms with van der Waals surface area (Å²) in [4.78, 5) is 20.7. The maximum absolute atomic E-state index is 10.6. The van der Waals surface area contributed by atoms with Crippen molar-refractivity contribution >= 4 is 24.0 Å². The molecule has 0 aliphatic heterocycles. The first-order valence-corrected chi connectivity index (χ1v) is 8.38. The number of aliphatic hydroxyl groups is 1. The average molecular weight is 289 g/mol. The molecule has 100 valence electrons. The third-order valence-corrected chi connectivity index (χ3v) is 5.67. The van der Waals surface area contributed by atoms with Crippen LogP contribution >= 0.6 is 6.26 Å². The van der Waals surface area contributed by atoms with Gasteiger partial charge in [-0.05, 0) is 12.0 Å². The number of aliphatic carboxylic acids is 1. The number of benzene rings is 1. The van der Waals surface area contributed by atoms with Crippen molar-refractivity contribution in [2.75, 3.05) is 6.16 Å². The molecule has 0 heterocycles. The Morgan fingerprint density at radius 3 is 2.44 bits per heavy atom. The van der Waals surface area contributed by atoms with E-state index >= 15 is 0 Å². The van der Waals surface area contributed by atoms with Crippen LogP contribution in [0, 0.1) is 0 Å². The molecular formula is C11H16NO4PS. The molecule has 0 aliphatic carbocycles. The summed E-state index contributed by atoms with van der Waals surface area (Å²) in [7, 11) is 0. The van der Waals surface area contributed by atoms with Crippen molar-refractivity contribution in [3.05, 3.63) is 35.9 Å². The van der Waals surface area contributed by atoms with Crippen LogP contribution in [0.3, 0.4) is 0 Å². The Morgan fingerprint density at radius 2 is 1.94 bits per heavy atom. The monoisotopic (exact) mass is 289 g/mol.